The number of rotatable bonds is 1. The van der Waals surface area contributed by atoms with Crippen molar-refractivity contribution in [2.24, 2.45) is 56.2 Å². The van der Waals surface area contributed by atoms with Crippen molar-refractivity contribution >= 4 is 5.78 Å². The Kier molecular flexibility index (Phi) is 5.12. The second kappa shape index (κ2) is 7.00. The van der Waals surface area contributed by atoms with Gasteiger partial charge in [0.05, 0.1) is 0 Å². The molecule has 0 bridgehead atoms. The maximum Gasteiger partial charge on any atom is 0.136 e. The molecule has 5 rings (SSSR count). The smallest absolute Gasteiger partial charge is 0.136 e. The minimum Gasteiger partial charge on any atom is -0.299 e. The lowest BCUT2D eigenvalue weighted by atomic mass is 9.33. The molecule has 0 spiro atoms. The van der Waals surface area contributed by atoms with E-state index < -0.39 is 0 Å². The molecule has 0 saturated heterocycles. The lowest BCUT2D eigenvalue weighted by Gasteiger charge is -2.71. The largest absolute Gasteiger partial charge is 0.299 e. The van der Waals surface area contributed by atoms with Crippen LogP contribution in [0.25, 0.3) is 0 Å². The van der Waals surface area contributed by atoms with Gasteiger partial charge in [-0.05, 0) is 122 Å². The van der Waals surface area contributed by atoms with E-state index in [2.05, 4.69) is 61.5 Å². The average Bonchev–Trinajstić information content (AvgIpc) is 2.71. The van der Waals surface area contributed by atoms with Crippen molar-refractivity contribution < 1.29 is 4.79 Å². The Bertz CT molecular complexity index is 877. The average molecular weight is 453 g/mol. The Hall–Kier alpha value is -0.590. The second-order valence-electron chi connectivity index (χ2n) is 15.7. The zero-order valence-electron chi connectivity index (χ0n) is 23.4. The van der Waals surface area contributed by atoms with Crippen LogP contribution in [0.4, 0.5) is 0 Å². The maximum absolute atomic E-state index is 13.2. The monoisotopic (exact) mass is 452 g/mol. The first-order chi connectivity index (χ1) is 15.1. The van der Waals surface area contributed by atoms with Crippen LogP contribution >= 0.6 is 0 Å². The lowest BCUT2D eigenvalue weighted by molar-refractivity contribution is -0.191. The molecule has 0 aromatic heterocycles. The van der Waals surface area contributed by atoms with Gasteiger partial charge in [0.2, 0.25) is 0 Å². The molecule has 4 saturated carbocycles. The quantitative estimate of drug-likeness (QED) is 0.363. The van der Waals surface area contributed by atoms with Gasteiger partial charge in [0.25, 0.3) is 0 Å². The summed E-state index contributed by atoms with van der Waals surface area (Å²) in [6.07, 6.45) is 15.4. The summed E-state index contributed by atoms with van der Waals surface area (Å²) in [5, 5.41) is 0. The van der Waals surface area contributed by atoms with E-state index >= 15 is 0 Å². The van der Waals surface area contributed by atoms with E-state index in [4.69, 9.17) is 0 Å². The summed E-state index contributed by atoms with van der Waals surface area (Å²) in [7, 11) is 0. The lowest BCUT2D eigenvalue weighted by Crippen LogP contribution is -2.64. The molecular weight excluding hydrogens is 400 g/mol. The van der Waals surface area contributed by atoms with Crippen molar-refractivity contribution in [2.45, 2.75) is 127 Å². The fraction of sp³-hybridized carbons (Fsp3) is 0.906. The molecular formula is C32H52O. The van der Waals surface area contributed by atoms with E-state index in [0.717, 1.165) is 30.6 Å². The molecule has 5 aliphatic rings. The van der Waals surface area contributed by atoms with Gasteiger partial charge in [0.1, 0.15) is 5.78 Å². The molecule has 186 valence electrons. The molecule has 5 aliphatic carbocycles. The van der Waals surface area contributed by atoms with Gasteiger partial charge in [-0.25, -0.2) is 0 Å². The summed E-state index contributed by atoms with van der Waals surface area (Å²) in [5.74, 6) is 3.42. The number of carbonyl (C=O) groups excluding carboxylic acids is 1. The maximum atomic E-state index is 13.2. The number of fused-ring (bicyclic) bond motifs is 7. The van der Waals surface area contributed by atoms with Crippen LogP contribution < -0.4 is 0 Å². The molecule has 4 fully saturated rings. The van der Waals surface area contributed by atoms with Crippen LogP contribution in [0.1, 0.15) is 127 Å². The summed E-state index contributed by atoms with van der Waals surface area (Å²) < 4.78 is 0. The predicted molar refractivity (Wildman–Crippen MR) is 139 cm³/mol. The first-order valence-corrected chi connectivity index (χ1v) is 14.4. The van der Waals surface area contributed by atoms with Gasteiger partial charge in [-0.1, -0.05) is 67.0 Å². The van der Waals surface area contributed by atoms with Crippen molar-refractivity contribution in [3.8, 4) is 0 Å². The standard InChI is InChI=1S/C32H52O/c1-21-12-14-29(7)25(28(21,5)6)13-15-31(9)26(29)11-10-23-24-20-27(3,4)16-18-32(24,22(2)33)19-17-30(23,31)8/h10,21,24-26H,11-20H2,1-9H3/t21-,24+,25?,26+,29-,30+,31+,32+/m0/s1. The molecule has 0 heterocycles. The van der Waals surface area contributed by atoms with Gasteiger partial charge < -0.3 is 0 Å². The Morgan fingerprint density at radius 1 is 0.848 bits per heavy atom. The van der Waals surface area contributed by atoms with E-state index in [0.29, 0.717) is 33.4 Å². The van der Waals surface area contributed by atoms with E-state index in [-0.39, 0.29) is 10.8 Å². The molecule has 0 radical (unpaired) electrons. The van der Waals surface area contributed by atoms with Crippen molar-refractivity contribution in [2.75, 3.05) is 0 Å². The first-order valence-electron chi connectivity index (χ1n) is 14.4. The van der Waals surface area contributed by atoms with Gasteiger partial charge in [-0.15, -0.1) is 0 Å². The van der Waals surface area contributed by atoms with Gasteiger partial charge in [-0.2, -0.15) is 0 Å². The molecule has 1 heteroatoms. The minimum absolute atomic E-state index is 0.0760. The summed E-state index contributed by atoms with van der Waals surface area (Å²) in [6, 6.07) is 0. The van der Waals surface area contributed by atoms with E-state index in [1.807, 2.05) is 6.92 Å². The SMILES string of the molecule is CC(=O)[C@]12CCC(C)(C)C[C@@H]1C1=CC[C@@H]3[C@@]4(C)CC[C@H](C)C(C)(C)C4CC[C@@]3(C)[C@]1(C)CC2. The molecule has 1 nitrogen and oxygen atoms in total. The van der Waals surface area contributed by atoms with Gasteiger partial charge in [-0.3, -0.25) is 4.79 Å². The summed E-state index contributed by atoms with van der Waals surface area (Å²) in [4.78, 5) is 13.2. The molecule has 0 aromatic rings. The number of Topliss-reactive ketones (excluding diaryl/α,β-unsaturated/α-hetero) is 1. The van der Waals surface area contributed by atoms with Crippen LogP contribution in [0, 0.1) is 56.2 Å². The number of ketones is 1. The Morgan fingerprint density at radius 3 is 2.18 bits per heavy atom. The fourth-order valence-electron chi connectivity index (χ4n) is 11.0. The van der Waals surface area contributed by atoms with Crippen molar-refractivity contribution in [3.05, 3.63) is 11.6 Å². The van der Waals surface area contributed by atoms with Crippen LogP contribution in [-0.2, 0) is 4.79 Å². The van der Waals surface area contributed by atoms with E-state index in [1.165, 1.54) is 51.4 Å². The zero-order valence-corrected chi connectivity index (χ0v) is 23.4. The third kappa shape index (κ3) is 2.92. The Balaban J connectivity index is 1.60. The summed E-state index contributed by atoms with van der Waals surface area (Å²) in [5.41, 5.74) is 3.53. The molecule has 0 aromatic carbocycles. The Morgan fingerprint density at radius 2 is 1.52 bits per heavy atom. The minimum atomic E-state index is -0.0760. The van der Waals surface area contributed by atoms with Crippen LogP contribution in [0.15, 0.2) is 11.6 Å². The zero-order chi connectivity index (χ0) is 24.2. The van der Waals surface area contributed by atoms with Crippen molar-refractivity contribution in [1.82, 2.24) is 0 Å². The topological polar surface area (TPSA) is 17.1 Å². The van der Waals surface area contributed by atoms with Crippen molar-refractivity contribution in [3.63, 3.8) is 0 Å². The van der Waals surface area contributed by atoms with Crippen LogP contribution in [0.3, 0.4) is 0 Å². The van der Waals surface area contributed by atoms with Crippen LogP contribution in [0.2, 0.25) is 0 Å². The molecule has 0 N–H and O–H groups in total. The third-order valence-electron chi connectivity index (χ3n) is 13.9. The highest BCUT2D eigenvalue weighted by atomic mass is 16.1. The highest BCUT2D eigenvalue weighted by Crippen LogP contribution is 2.76. The number of allylic oxidation sites excluding steroid dienone is 2. The van der Waals surface area contributed by atoms with Crippen LogP contribution in [0.5, 0.6) is 0 Å². The number of hydrogen-bond acceptors (Lipinski definition) is 1. The van der Waals surface area contributed by atoms with Crippen LogP contribution in [-0.4, -0.2) is 5.78 Å². The molecule has 33 heavy (non-hydrogen) atoms. The van der Waals surface area contributed by atoms with E-state index in [9.17, 15) is 4.79 Å². The van der Waals surface area contributed by atoms with Gasteiger partial charge >= 0.3 is 0 Å². The molecule has 8 atom stereocenters. The Labute approximate surface area is 204 Å². The summed E-state index contributed by atoms with van der Waals surface area (Å²) >= 11 is 0. The van der Waals surface area contributed by atoms with Gasteiger partial charge in [0, 0.05) is 5.41 Å². The van der Waals surface area contributed by atoms with Crippen molar-refractivity contribution in [1.29, 1.82) is 0 Å². The van der Waals surface area contributed by atoms with E-state index in [1.54, 1.807) is 5.57 Å². The predicted octanol–water partition coefficient (Wildman–Crippen LogP) is 9.01. The molecule has 1 unspecified atom stereocenters. The third-order valence-corrected chi connectivity index (χ3v) is 13.9. The molecule has 0 amide bonds. The first kappa shape index (κ1) is 24.1. The molecule has 0 aliphatic heterocycles. The normalized spacial score (nSPS) is 52.5. The fourth-order valence-corrected chi connectivity index (χ4v) is 11.0. The summed E-state index contributed by atoms with van der Waals surface area (Å²) in [6.45, 7) is 22.5. The second-order valence-corrected chi connectivity index (χ2v) is 15.7. The highest BCUT2D eigenvalue weighted by Gasteiger charge is 2.68. The number of hydrogen-bond donors (Lipinski definition) is 0. The van der Waals surface area contributed by atoms with Gasteiger partial charge in [0.15, 0.2) is 0 Å². The highest BCUT2D eigenvalue weighted by molar-refractivity contribution is 5.83. The number of carbonyl (C=O) groups is 1.